The largest absolute Gasteiger partial charge is 1.00 e. The molecular formula is C4H2BrLiS. The topological polar surface area (TPSA) is 0 Å². The average molecular weight is 169 g/mol. The molecule has 0 amide bonds. The van der Waals surface area contributed by atoms with E-state index in [9.17, 15) is 0 Å². The molecule has 0 radical (unpaired) electrons. The zero-order valence-electron chi connectivity index (χ0n) is 3.94. The van der Waals surface area contributed by atoms with Gasteiger partial charge in [0.1, 0.15) is 0 Å². The summed E-state index contributed by atoms with van der Waals surface area (Å²) >= 11 is 4.80. The normalized spacial score (nSPS) is 7.57. The van der Waals surface area contributed by atoms with E-state index in [0.29, 0.717) is 0 Å². The molecular weight excluding hydrogens is 167 g/mol. The van der Waals surface area contributed by atoms with Gasteiger partial charge in [-0.1, -0.05) is 20.4 Å². The van der Waals surface area contributed by atoms with Crippen LogP contribution in [0.15, 0.2) is 15.9 Å². The minimum Gasteiger partial charge on any atom is -0.303 e. The van der Waals surface area contributed by atoms with Crippen molar-refractivity contribution in [3.05, 3.63) is 21.3 Å². The van der Waals surface area contributed by atoms with E-state index in [4.69, 9.17) is 0 Å². The van der Waals surface area contributed by atoms with Crippen molar-refractivity contribution in [2.45, 2.75) is 0 Å². The maximum atomic E-state index is 3.24. The van der Waals surface area contributed by atoms with Crippen LogP contribution in [0, 0.1) is 5.38 Å². The molecule has 0 atom stereocenters. The van der Waals surface area contributed by atoms with Crippen LogP contribution in [0.1, 0.15) is 0 Å². The van der Waals surface area contributed by atoms with E-state index in [1.54, 1.807) is 11.3 Å². The summed E-state index contributed by atoms with van der Waals surface area (Å²) in [6, 6.07) is 1.96. The van der Waals surface area contributed by atoms with Crippen LogP contribution in [-0.2, 0) is 0 Å². The SMILES string of the molecule is Brc1[c-]scc1.[Li+]. The number of hydrogen-bond acceptors (Lipinski definition) is 1. The zero-order chi connectivity index (χ0) is 4.41. The molecule has 0 nitrogen and oxygen atoms in total. The van der Waals surface area contributed by atoms with E-state index in [2.05, 4.69) is 21.3 Å². The Bertz CT molecular complexity index is 115. The summed E-state index contributed by atoms with van der Waals surface area (Å²) in [7, 11) is 0. The van der Waals surface area contributed by atoms with Crippen molar-refractivity contribution >= 4 is 27.3 Å². The molecule has 0 aliphatic heterocycles. The van der Waals surface area contributed by atoms with Crippen molar-refractivity contribution in [1.29, 1.82) is 0 Å². The average Bonchev–Trinajstić information content (AvgIpc) is 1.86. The van der Waals surface area contributed by atoms with E-state index in [0.717, 1.165) is 4.47 Å². The summed E-state index contributed by atoms with van der Waals surface area (Å²) in [5.74, 6) is 0. The molecule has 0 spiro atoms. The van der Waals surface area contributed by atoms with Gasteiger partial charge in [0, 0.05) is 0 Å². The van der Waals surface area contributed by atoms with E-state index in [1.807, 2.05) is 11.4 Å². The van der Waals surface area contributed by atoms with Crippen LogP contribution in [0.4, 0.5) is 0 Å². The number of rotatable bonds is 0. The molecule has 0 N–H and O–H groups in total. The first-order valence-corrected chi connectivity index (χ1v) is 3.17. The van der Waals surface area contributed by atoms with Gasteiger partial charge in [0.25, 0.3) is 0 Å². The monoisotopic (exact) mass is 168 g/mol. The van der Waals surface area contributed by atoms with Crippen LogP contribution in [-0.4, -0.2) is 0 Å². The van der Waals surface area contributed by atoms with Crippen LogP contribution in [0.5, 0.6) is 0 Å². The molecule has 1 heterocycles. The van der Waals surface area contributed by atoms with Gasteiger partial charge in [-0.05, 0) is 0 Å². The van der Waals surface area contributed by atoms with Gasteiger partial charge < -0.3 is 11.3 Å². The molecule has 0 aliphatic carbocycles. The fourth-order valence-electron chi connectivity index (χ4n) is 0.218. The number of halogens is 1. The van der Waals surface area contributed by atoms with Crippen LogP contribution < -0.4 is 18.9 Å². The molecule has 1 rings (SSSR count). The summed E-state index contributed by atoms with van der Waals surface area (Å²) in [6.45, 7) is 0. The van der Waals surface area contributed by atoms with Gasteiger partial charge in [-0.25, -0.2) is 0 Å². The summed E-state index contributed by atoms with van der Waals surface area (Å²) in [5.41, 5.74) is 0. The maximum Gasteiger partial charge on any atom is 1.00 e. The van der Waals surface area contributed by atoms with E-state index in [1.165, 1.54) is 0 Å². The molecule has 0 unspecified atom stereocenters. The Hall–Kier alpha value is 0.777. The minimum atomic E-state index is 0. The molecule has 0 bridgehead atoms. The molecule has 0 fully saturated rings. The van der Waals surface area contributed by atoms with Crippen molar-refractivity contribution in [1.82, 2.24) is 0 Å². The third-order valence-corrected chi connectivity index (χ3v) is 1.77. The summed E-state index contributed by atoms with van der Waals surface area (Å²) in [5, 5.41) is 4.93. The van der Waals surface area contributed by atoms with Gasteiger partial charge in [0.15, 0.2) is 0 Å². The van der Waals surface area contributed by atoms with Crippen molar-refractivity contribution in [3.63, 3.8) is 0 Å². The van der Waals surface area contributed by atoms with Gasteiger partial charge in [-0.2, -0.15) is 11.4 Å². The summed E-state index contributed by atoms with van der Waals surface area (Å²) in [4.78, 5) is 0. The molecule has 32 valence electrons. The molecule has 3 heteroatoms. The third-order valence-electron chi connectivity index (χ3n) is 0.439. The second kappa shape index (κ2) is 3.74. The fourth-order valence-corrected chi connectivity index (χ4v) is 1.26. The first-order valence-electron chi connectivity index (χ1n) is 1.50. The first kappa shape index (κ1) is 7.78. The molecule has 7 heavy (non-hydrogen) atoms. The minimum absolute atomic E-state index is 0. The van der Waals surface area contributed by atoms with Crippen LogP contribution in [0.2, 0.25) is 0 Å². The third kappa shape index (κ3) is 2.56. The Labute approximate surface area is 67.2 Å². The zero-order valence-corrected chi connectivity index (χ0v) is 6.34. The maximum absolute atomic E-state index is 3.24. The molecule has 0 aliphatic rings. The van der Waals surface area contributed by atoms with Gasteiger partial charge in [0.2, 0.25) is 0 Å². The number of thiophene rings is 1. The molecule has 0 saturated carbocycles. The summed E-state index contributed by atoms with van der Waals surface area (Å²) in [6.07, 6.45) is 0. The number of hydrogen-bond donors (Lipinski definition) is 0. The predicted molar refractivity (Wildman–Crippen MR) is 30.9 cm³/mol. The van der Waals surface area contributed by atoms with Crippen LogP contribution in [0.3, 0.4) is 0 Å². The van der Waals surface area contributed by atoms with Crippen LogP contribution >= 0.6 is 27.3 Å². The van der Waals surface area contributed by atoms with Gasteiger partial charge in [-0.15, -0.1) is 5.38 Å². The second-order valence-electron chi connectivity index (χ2n) is 0.871. The fraction of sp³-hybridized carbons (Fsp3) is 0. The summed E-state index contributed by atoms with van der Waals surface area (Å²) < 4.78 is 1.05. The van der Waals surface area contributed by atoms with Crippen molar-refractivity contribution in [2.24, 2.45) is 0 Å². The van der Waals surface area contributed by atoms with E-state index < -0.39 is 0 Å². The van der Waals surface area contributed by atoms with Crippen molar-refractivity contribution < 1.29 is 18.9 Å². The van der Waals surface area contributed by atoms with E-state index >= 15 is 0 Å². The van der Waals surface area contributed by atoms with E-state index in [-0.39, 0.29) is 18.9 Å². The smallest absolute Gasteiger partial charge is 0.303 e. The molecule has 1 aromatic rings. The van der Waals surface area contributed by atoms with Gasteiger partial charge >= 0.3 is 18.9 Å². The Morgan fingerprint density at radius 2 is 2.43 bits per heavy atom. The Morgan fingerprint density at radius 3 is 2.57 bits per heavy atom. The second-order valence-corrected chi connectivity index (χ2v) is 2.44. The first-order chi connectivity index (χ1) is 2.89. The standard InChI is InChI=1S/C4H2BrS.Li/c5-4-1-2-6-3-4;/h1-2H;/q-1;+1. The van der Waals surface area contributed by atoms with Gasteiger partial charge in [0.05, 0.1) is 0 Å². The Morgan fingerprint density at radius 1 is 1.71 bits per heavy atom. The van der Waals surface area contributed by atoms with Crippen molar-refractivity contribution in [3.8, 4) is 0 Å². The Balaban J connectivity index is 0.000000360. The molecule has 0 saturated heterocycles. The Kier molecular flexibility index (Phi) is 4.16. The molecule has 0 aromatic carbocycles. The quantitative estimate of drug-likeness (QED) is 0.356. The predicted octanol–water partition coefficient (Wildman–Crippen LogP) is -0.685. The van der Waals surface area contributed by atoms with Crippen LogP contribution in [0.25, 0.3) is 0 Å². The van der Waals surface area contributed by atoms with Crippen molar-refractivity contribution in [2.75, 3.05) is 0 Å². The molecule has 1 aromatic heterocycles. The van der Waals surface area contributed by atoms with Gasteiger partial charge in [-0.3, -0.25) is 0 Å².